The number of carbonyl (C=O) groups is 2. The topological polar surface area (TPSA) is 86.8 Å². The molecule has 3 rings (SSSR count). The second-order valence-electron chi connectivity index (χ2n) is 9.37. The molecule has 0 aliphatic carbocycles. The van der Waals surface area contributed by atoms with E-state index in [1.165, 1.54) is 35.2 Å². The first-order valence-electron chi connectivity index (χ1n) is 12.8. The number of sulfonamides is 1. The Morgan fingerprint density at radius 3 is 2.25 bits per heavy atom. The molecule has 3 aromatic rings. The van der Waals surface area contributed by atoms with Gasteiger partial charge in [0.15, 0.2) is 0 Å². The molecule has 2 amide bonds. The number of unbranched alkanes of at least 4 members (excludes halogenated alkanes) is 1. The Morgan fingerprint density at radius 2 is 1.65 bits per heavy atom. The largest absolute Gasteiger partial charge is 0.354 e. The van der Waals surface area contributed by atoms with Gasteiger partial charge < -0.3 is 10.2 Å². The van der Waals surface area contributed by atoms with Crippen molar-refractivity contribution >= 4 is 39.1 Å². The number of rotatable bonds is 13. The maximum atomic E-state index is 13.9. The Bertz CT molecular complexity index is 1410. The minimum atomic E-state index is -4.02. The highest BCUT2D eigenvalue weighted by atomic mass is 35.5. The maximum absolute atomic E-state index is 13.9. The molecule has 0 aliphatic rings. The molecule has 0 heterocycles. The van der Waals surface area contributed by atoms with Crippen LogP contribution in [0.25, 0.3) is 0 Å². The van der Waals surface area contributed by atoms with Gasteiger partial charge in [-0.1, -0.05) is 67.4 Å². The molecule has 0 spiro atoms. The Balaban J connectivity index is 2.03. The fraction of sp³-hybridized carbons (Fsp3) is 0.310. The Morgan fingerprint density at radius 1 is 0.975 bits per heavy atom. The smallest absolute Gasteiger partial charge is 0.244 e. The van der Waals surface area contributed by atoms with Crippen LogP contribution < -0.4 is 9.62 Å². The third kappa shape index (κ3) is 8.76. The van der Waals surface area contributed by atoms with Gasteiger partial charge in [-0.25, -0.2) is 17.2 Å². The molecule has 0 bridgehead atoms. The van der Waals surface area contributed by atoms with E-state index in [0.29, 0.717) is 12.1 Å². The van der Waals surface area contributed by atoms with Crippen molar-refractivity contribution in [3.8, 4) is 0 Å². The highest BCUT2D eigenvalue weighted by molar-refractivity contribution is 7.92. The quantitative estimate of drug-likeness (QED) is 0.285. The zero-order chi connectivity index (χ0) is 29.3. The van der Waals surface area contributed by atoms with Gasteiger partial charge in [-0.2, -0.15) is 0 Å². The van der Waals surface area contributed by atoms with Crippen LogP contribution in [0.2, 0.25) is 5.02 Å². The van der Waals surface area contributed by atoms with Crippen molar-refractivity contribution in [2.45, 2.75) is 38.8 Å². The summed E-state index contributed by atoms with van der Waals surface area (Å²) >= 11 is 5.89. The van der Waals surface area contributed by atoms with E-state index in [0.717, 1.165) is 41.1 Å². The third-order valence-corrected chi connectivity index (χ3v) is 7.67. The summed E-state index contributed by atoms with van der Waals surface area (Å²) in [6.45, 7) is 1.64. The zero-order valence-corrected chi connectivity index (χ0v) is 23.9. The van der Waals surface area contributed by atoms with Crippen molar-refractivity contribution in [2.24, 2.45) is 0 Å². The normalized spacial score (nSPS) is 12.0. The molecule has 11 heteroatoms. The fourth-order valence-electron chi connectivity index (χ4n) is 4.10. The van der Waals surface area contributed by atoms with E-state index in [1.54, 1.807) is 0 Å². The third-order valence-electron chi connectivity index (χ3n) is 6.24. The molecule has 214 valence electrons. The summed E-state index contributed by atoms with van der Waals surface area (Å²) in [5.41, 5.74) is 1.33. The lowest BCUT2D eigenvalue weighted by Crippen LogP contribution is -2.53. The first kappa shape index (κ1) is 31.0. The molecule has 0 saturated carbocycles. The average molecular weight is 592 g/mol. The molecule has 0 aliphatic heterocycles. The molecule has 0 fully saturated rings. The monoisotopic (exact) mass is 591 g/mol. The second-order valence-corrected chi connectivity index (χ2v) is 11.7. The van der Waals surface area contributed by atoms with Crippen molar-refractivity contribution in [3.63, 3.8) is 0 Å². The van der Waals surface area contributed by atoms with E-state index < -0.39 is 46.1 Å². The molecule has 3 aromatic carbocycles. The fourth-order valence-corrected chi connectivity index (χ4v) is 5.12. The van der Waals surface area contributed by atoms with Crippen LogP contribution in [-0.4, -0.2) is 50.5 Å². The number of halogens is 3. The van der Waals surface area contributed by atoms with Crippen LogP contribution in [0.5, 0.6) is 0 Å². The molecule has 0 unspecified atom stereocenters. The number of amides is 2. The summed E-state index contributed by atoms with van der Waals surface area (Å²) in [5.74, 6) is -2.28. The first-order chi connectivity index (χ1) is 19.0. The lowest BCUT2D eigenvalue weighted by atomic mass is 10.0. The van der Waals surface area contributed by atoms with Crippen LogP contribution in [0.3, 0.4) is 0 Å². The van der Waals surface area contributed by atoms with Gasteiger partial charge in [0, 0.05) is 19.5 Å². The Hall–Kier alpha value is -3.50. The predicted molar refractivity (Wildman–Crippen MR) is 152 cm³/mol. The van der Waals surface area contributed by atoms with E-state index in [4.69, 9.17) is 11.6 Å². The van der Waals surface area contributed by atoms with Gasteiger partial charge >= 0.3 is 0 Å². The van der Waals surface area contributed by atoms with Gasteiger partial charge in [-0.05, 0) is 47.9 Å². The highest BCUT2D eigenvalue weighted by Crippen LogP contribution is 2.25. The molecular weight excluding hydrogens is 560 g/mol. The van der Waals surface area contributed by atoms with E-state index in [9.17, 15) is 26.8 Å². The maximum Gasteiger partial charge on any atom is 0.244 e. The van der Waals surface area contributed by atoms with Crippen LogP contribution in [-0.2, 0) is 32.6 Å². The molecular formula is C29H32ClF2N3O4S. The van der Waals surface area contributed by atoms with Crippen LogP contribution in [0.15, 0.2) is 72.8 Å². The van der Waals surface area contributed by atoms with Gasteiger partial charge in [0.1, 0.15) is 24.2 Å². The molecule has 1 atom stereocenters. The Kier molecular flexibility index (Phi) is 11.0. The summed E-state index contributed by atoms with van der Waals surface area (Å²) in [6.07, 6.45) is 2.67. The highest BCUT2D eigenvalue weighted by Gasteiger charge is 2.33. The number of nitrogens with zero attached hydrogens (tertiary/aromatic N) is 2. The summed E-state index contributed by atoms with van der Waals surface area (Å²) in [6, 6.07) is 16.9. The molecule has 0 aromatic heterocycles. The van der Waals surface area contributed by atoms with Crippen molar-refractivity contribution in [2.75, 3.05) is 23.7 Å². The number of anilines is 1. The zero-order valence-electron chi connectivity index (χ0n) is 22.3. The van der Waals surface area contributed by atoms with Crippen molar-refractivity contribution in [3.05, 3.63) is 101 Å². The second kappa shape index (κ2) is 14.2. The summed E-state index contributed by atoms with van der Waals surface area (Å²) < 4.78 is 53.7. The van der Waals surface area contributed by atoms with E-state index in [-0.39, 0.29) is 23.7 Å². The van der Waals surface area contributed by atoms with E-state index in [1.807, 2.05) is 37.3 Å². The van der Waals surface area contributed by atoms with Gasteiger partial charge in [-0.3, -0.25) is 13.9 Å². The first-order valence-corrected chi connectivity index (χ1v) is 15.0. The number of benzene rings is 3. The van der Waals surface area contributed by atoms with E-state index >= 15 is 0 Å². The lowest BCUT2D eigenvalue weighted by Gasteiger charge is -2.33. The average Bonchev–Trinajstić information content (AvgIpc) is 2.92. The number of hydrogen-bond acceptors (Lipinski definition) is 4. The van der Waals surface area contributed by atoms with Gasteiger partial charge in [0.25, 0.3) is 0 Å². The van der Waals surface area contributed by atoms with Gasteiger partial charge in [0.05, 0.1) is 17.0 Å². The van der Waals surface area contributed by atoms with Crippen molar-refractivity contribution in [1.29, 1.82) is 0 Å². The summed E-state index contributed by atoms with van der Waals surface area (Å²) in [4.78, 5) is 28.7. The van der Waals surface area contributed by atoms with Gasteiger partial charge in [-0.15, -0.1) is 0 Å². The van der Waals surface area contributed by atoms with E-state index in [2.05, 4.69) is 5.32 Å². The van der Waals surface area contributed by atoms with Crippen LogP contribution in [0.4, 0.5) is 14.5 Å². The minimum Gasteiger partial charge on any atom is -0.354 e. The number of hydrogen-bond donors (Lipinski definition) is 1. The summed E-state index contributed by atoms with van der Waals surface area (Å²) in [5, 5.41) is 2.57. The Labute approximate surface area is 238 Å². The van der Waals surface area contributed by atoms with Crippen molar-refractivity contribution < 1.29 is 26.8 Å². The number of nitrogens with one attached hydrogen (secondary N) is 1. The van der Waals surface area contributed by atoms with Crippen LogP contribution in [0, 0.1) is 11.6 Å². The molecule has 40 heavy (non-hydrogen) atoms. The van der Waals surface area contributed by atoms with Crippen LogP contribution in [0.1, 0.15) is 30.9 Å². The predicted octanol–water partition coefficient (Wildman–Crippen LogP) is 4.94. The lowest BCUT2D eigenvalue weighted by molar-refractivity contribution is -0.140. The number of carbonyl (C=O) groups excluding carboxylic acids is 2. The SMILES string of the molecule is CCCCNC(=O)[C@H](Cc1ccccc1)N(Cc1ccc(F)cc1)C(=O)CN(c1ccc(F)c(Cl)c1)S(C)(=O)=O. The standard InChI is InChI=1S/C29H32ClF2N3O4S/c1-3-4-16-33-29(37)27(17-21-8-6-5-7-9-21)34(19-22-10-12-23(31)13-11-22)28(36)20-35(40(2,38)39)24-14-15-26(32)25(30)18-24/h5-15,18,27H,3-4,16-17,19-20H2,1-2H3,(H,33,37)/t27-/m0/s1. The summed E-state index contributed by atoms with van der Waals surface area (Å²) in [7, 11) is -4.02. The van der Waals surface area contributed by atoms with Crippen molar-refractivity contribution in [1.82, 2.24) is 10.2 Å². The van der Waals surface area contributed by atoms with Crippen LogP contribution >= 0.6 is 11.6 Å². The molecule has 1 N–H and O–H groups in total. The minimum absolute atomic E-state index is 0.00371. The molecule has 7 nitrogen and oxygen atoms in total. The van der Waals surface area contributed by atoms with Gasteiger partial charge in [0.2, 0.25) is 21.8 Å². The molecule has 0 saturated heterocycles. The molecule has 0 radical (unpaired) electrons.